The molecule has 1 aromatic carbocycles. The molecule has 0 heterocycles. The summed E-state index contributed by atoms with van der Waals surface area (Å²) in [6.45, 7) is 2.12. The van der Waals surface area contributed by atoms with Gasteiger partial charge in [-0.1, -0.05) is 6.92 Å². The summed E-state index contributed by atoms with van der Waals surface area (Å²) in [5, 5.41) is 2.81. The average Bonchev–Trinajstić information content (AvgIpc) is 2.69. The van der Waals surface area contributed by atoms with Crippen LogP contribution < -0.4 is 11.1 Å². The third-order valence-electron chi connectivity index (χ3n) is 3.37. The van der Waals surface area contributed by atoms with Crippen LogP contribution in [0.1, 0.15) is 36.5 Å². The van der Waals surface area contributed by atoms with Crippen LogP contribution in [0.15, 0.2) is 12.1 Å². The van der Waals surface area contributed by atoms with Gasteiger partial charge in [-0.2, -0.15) is 0 Å². The molecule has 5 heteroatoms. The second-order valence-corrected chi connectivity index (χ2v) is 4.94. The van der Waals surface area contributed by atoms with Gasteiger partial charge in [0.1, 0.15) is 0 Å². The van der Waals surface area contributed by atoms with Gasteiger partial charge in [0.15, 0.2) is 11.6 Å². The van der Waals surface area contributed by atoms with Crippen molar-refractivity contribution >= 4 is 11.6 Å². The number of amides is 1. The highest BCUT2D eigenvalue weighted by Crippen LogP contribution is 2.25. The summed E-state index contributed by atoms with van der Waals surface area (Å²) in [5.41, 5.74) is 5.48. The molecule has 0 radical (unpaired) electrons. The zero-order valence-corrected chi connectivity index (χ0v) is 10.2. The van der Waals surface area contributed by atoms with Crippen molar-refractivity contribution in [1.29, 1.82) is 0 Å². The van der Waals surface area contributed by atoms with Crippen molar-refractivity contribution in [2.75, 3.05) is 5.73 Å². The van der Waals surface area contributed by atoms with E-state index in [1.165, 1.54) is 0 Å². The number of carbonyl (C=O) groups is 1. The number of hydrogen-bond acceptors (Lipinski definition) is 2. The first-order valence-corrected chi connectivity index (χ1v) is 6.02. The largest absolute Gasteiger partial charge is 0.398 e. The third kappa shape index (κ3) is 2.60. The van der Waals surface area contributed by atoms with E-state index in [2.05, 4.69) is 12.2 Å². The number of nitrogen functional groups attached to an aromatic ring is 1. The number of halogens is 2. The Bertz CT molecular complexity index is 476. The molecule has 0 spiro atoms. The van der Waals surface area contributed by atoms with E-state index in [1.54, 1.807) is 0 Å². The minimum absolute atomic E-state index is 0.00606. The van der Waals surface area contributed by atoms with Gasteiger partial charge in [0.05, 0.1) is 5.56 Å². The molecule has 0 aromatic heterocycles. The monoisotopic (exact) mass is 254 g/mol. The van der Waals surface area contributed by atoms with E-state index >= 15 is 0 Å². The quantitative estimate of drug-likeness (QED) is 0.796. The van der Waals surface area contributed by atoms with E-state index in [0.717, 1.165) is 31.4 Å². The summed E-state index contributed by atoms with van der Waals surface area (Å²) in [6, 6.07) is 1.78. The number of hydrogen-bond donors (Lipinski definition) is 2. The van der Waals surface area contributed by atoms with Gasteiger partial charge in [-0.15, -0.1) is 0 Å². The van der Waals surface area contributed by atoms with Crippen molar-refractivity contribution in [2.24, 2.45) is 5.92 Å². The topological polar surface area (TPSA) is 55.1 Å². The van der Waals surface area contributed by atoms with Crippen LogP contribution in [0.4, 0.5) is 14.5 Å². The molecule has 1 amide bonds. The molecule has 1 saturated carbocycles. The second kappa shape index (κ2) is 4.92. The lowest BCUT2D eigenvalue weighted by atomic mass is 10.1. The van der Waals surface area contributed by atoms with Crippen LogP contribution in [0.25, 0.3) is 0 Å². The average molecular weight is 254 g/mol. The van der Waals surface area contributed by atoms with E-state index in [-0.39, 0.29) is 17.3 Å². The van der Waals surface area contributed by atoms with E-state index in [0.29, 0.717) is 5.92 Å². The summed E-state index contributed by atoms with van der Waals surface area (Å²) in [5.74, 6) is -1.96. The zero-order valence-electron chi connectivity index (χ0n) is 10.2. The molecule has 1 aliphatic rings. The number of benzene rings is 1. The van der Waals surface area contributed by atoms with Gasteiger partial charge < -0.3 is 11.1 Å². The van der Waals surface area contributed by atoms with Gasteiger partial charge in [-0.25, -0.2) is 8.78 Å². The Morgan fingerprint density at radius 1 is 1.33 bits per heavy atom. The molecular formula is C13H16F2N2O. The molecular weight excluding hydrogens is 238 g/mol. The maximum atomic E-state index is 13.1. The molecule has 2 unspecified atom stereocenters. The SMILES string of the molecule is CC1CCC(NC(=O)c2cc(F)c(F)cc2N)C1. The minimum atomic E-state index is -1.06. The van der Waals surface area contributed by atoms with Crippen LogP contribution in [-0.4, -0.2) is 11.9 Å². The van der Waals surface area contributed by atoms with Crippen molar-refractivity contribution in [3.63, 3.8) is 0 Å². The molecule has 98 valence electrons. The first-order valence-electron chi connectivity index (χ1n) is 6.02. The lowest BCUT2D eigenvalue weighted by Crippen LogP contribution is -2.33. The molecule has 1 aliphatic carbocycles. The Labute approximate surface area is 104 Å². The Morgan fingerprint density at radius 3 is 2.61 bits per heavy atom. The van der Waals surface area contributed by atoms with Crippen molar-refractivity contribution < 1.29 is 13.6 Å². The number of carbonyl (C=O) groups excluding carboxylic acids is 1. The maximum absolute atomic E-state index is 13.1. The number of nitrogens with two attached hydrogens (primary N) is 1. The number of anilines is 1. The lowest BCUT2D eigenvalue weighted by Gasteiger charge is -2.13. The van der Waals surface area contributed by atoms with Gasteiger partial charge in [-0.3, -0.25) is 4.79 Å². The molecule has 18 heavy (non-hydrogen) atoms. The molecule has 2 rings (SSSR count). The Hall–Kier alpha value is -1.65. The molecule has 2 atom stereocenters. The van der Waals surface area contributed by atoms with Crippen LogP contribution in [0, 0.1) is 17.6 Å². The maximum Gasteiger partial charge on any atom is 0.253 e. The Morgan fingerprint density at radius 2 is 2.00 bits per heavy atom. The van der Waals surface area contributed by atoms with Crippen LogP contribution in [0.2, 0.25) is 0 Å². The Balaban J connectivity index is 2.11. The first-order chi connectivity index (χ1) is 8.47. The Kier molecular flexibility index (Phi) is 3.50. The zero-order chi connectivity index (χ0) is 13.3. The summed E-state index contributed by atoms with van der Waals surface area (Å²) >= 11 is 0. The lowest BCUT2D eigenvalue weighted by molar-refractivity contribution is 0.0937. The summed E-state index contributed by atoms with van der Waals surface area (Å²) in [4.78, 5) is 11.9. The summed E-state index contributed by atoms with van der Waals surface area (Å²) < 4.78 is 26.0. The second-order valence-electron chi connectivity index (χ2n) is 4.94. The fourth-order valence-electron chi connectivity index (χ4n) is 2.36. The van der Waals surface area contributed by atoms with Crippen molar-refractivity contribution in [3.8, 4) is 0 Å². The first kappa shape index (κ1) is 12.8. The molecule has 3 N–H and O–H groups in total. The van der Waals surface area contributed by atoms with Crippen molar-refractivity contribution in [3.05, 3.63) is 29.3 Å². The molecule has 3 nitrogen and oxygen atoms in total. The summed E-state index contributed by atoms with van der Waals surface area (Å²) in [7, 11) is 0. The van der Waals surface area contributed by atoms with Crippen LogP contribution >= 0.6 is 0 Å². The fourth-order valence-corrected chi connectivity index (χ4v) is 2.36. The van der Waals surface area contributed by atoms with E-state index in [1.807, 2.05) is 0 Å². The highest BCUT2D eigenvalue weighted by atomic mass is 19.2. The normalized spacial score (nSPS) is 23.1. The highest BCUT2D eigenvalue weighted by Gasteiger charge is 2.24. The van der Waals surface area contributed by atoms with Gasteiger partial charge >= 0.3 is 0 Å². The fraction of sp³-hybridized carbons (Fsp3) is 0.462. The van der Waals surface area contributed by atoms with Crippen LogP contribution in [-0.2, 0) is 0 Å². The molecule has 0 bridgehead atoms. The highest BCUT2D eigenvalue weighted by molar-refractivity contribution is 5.99. The molecule has 1 fully saturated rings. The van der Waals surface area contributed by atoms with Crippen molar-refractivity contribution in [2.45, 2.75) is 32.2 Å². The molecule has 0 saturated heterocycles. The van der Waals surface area contributed by atoms with Gasteiger partial charge in [0, 0.05) is 17.8 Å². The van der Waals surface area contributed by atoms with Crippen LogP contribution in [0.3, 0.4) is 0 Å². The van der Waals surface area contributed by atoms with E-state index in [4.69, 9.17) is 5.73 Å². The molecule has 1 aromatic rings. The smallest absolute Gasteiger partial charge is 0.253 e. The predicted octanol–water partition coefficient (Wildman–Crippen LogP) is 2.47. The standard InChI is InChI=1S/C13H16F2N2O/c1-7-2-3-8(4-7)17-13(18)9-5-10(14)11(15)6-12(9)16/h5-8H,2-4,16H2,1H3,(H,17,18). The summed E-state index contributed by atoms with van der Waals surface area (Å²) in [6.07, 6.45) is 2.89. The van der Waals surface area contributed by atoms with Gasteiger partial charge in [0.2, 0.25) is 0 Å². The van der Waals surface area contributed by atoms with E-state index < -0.39 is 17.5 Å². The third-order valence-corrected chi connectivity index (χ3v) is 3.37. The minimum Gasteiger partial charge on any atom is -0.398 e. The van der Waals surface area contributed by atoms with Crippen molar-refractivity contribution in [1.82, 2.24) is 5.32 Å². The molecule has 0 aliphatic heterocycles. The predicted molar refractivity (Wildman–Crippen MR) is 65.0 cm³/mol. The van der Waals surface area contributed by atoms with Crippen LogP contribution in [0.5, 0.6) is 0 Å². The number of rotatable bonds is 2. The van der Waals surface area contributed by atoms with Gasteiger partial charge in [0.25, 0.3) is 5.91 Å². The van der Waals surface area contributed by atoms with E-state index in [9.17, 15) is 13.6 Å². The van der Waals surface area contributed by atoms with Gasteiger partial charge in [-0.05, 0) is 31.2 Å². The number of nitrogens with one attached hydrogen (secondary N) is 1.